The Morgan fingerprint density at radius 3 is 2.65 bits per heavy atom. The number of carboxylic acids is 1. The fourth-order valence-electron chi connectivity index (χ4n) is 1.15. The number of rotatable bonds is 3. The summed E-state index contributed by atoms with van der Waals surface area (Å²) in [5, 5.41) is 16.0. The van der Waals surface area contributed by atoms with Crippen molar-refractivity contribution < 1.29 is 14.3 Å². The molecular formula is C11H7IN2O3. The molecule has 0 aliphatic rings. The number of halogens is 1. The van der Waals surface area contributed by atoms with Gasteiger partial charge in [-0.1, -0.05) is 0 Å². The number of carbonyl (C=O) groups is 1. The van der Waals surface area contributed by atoms with Crippen molar-refractivity contribution in [2.45, 2.75) is 0 Å². The van der Waals surface area contributed by atoms with Gasteiger partial charge in [0.2, 0.25) is 11.8 Å². The minimum Gasteiger partial charge on any atom is -0.478 e. The molecule has 86 valence electrons. The van der Waals surface area contributed by atoms with E-state index in [0.717, 1.165) is 15.2 Å². The van der Waals surface area contributed by atoms with E-state index in [2.05, 4.69) is 32.8 Å². The van der Waals surface area contributed by atoms with Crippen LogP contribution in [0.5, 0.6) is 0 Å². The lowest BCUT2D eigenvalue weighted by Gasteiger charge is -1.93. The van der Waals surface area contributed by atoms with Gasteiger partial charge in [0.05, 0.1) is 0 Å². The van der Waals surface area contributed by atoms with Crippen molar-refractivity contribution in [3.63, 3.8) is 0 Å². The van der Waals surface area contributed by atoms with Gasteiger partial charge in [0.1, 0.15) is 0 Å². The molecule has 0 atom stereocenters. The van der Waals surface area contributed by atoms with E-state index in [9.17, 15) is 4.79 Å². The third kappa shape index (κ3) is 3.13. The highest BCUT2D eigenvalue weighted by molar-refractivity contribution is 14.1. The van der Waals surface area contributed by atoms with Crippen LogP contribution in [0, 0.1) is 3.57 Å². The van der Waals surface area contributed by atoms with Crippen molar-refractivity contribution in [2.75, 3.05) is 0 Å². The summed E-state index contributed by atoms with van der Waals surface area (Å²) in [5.41, 5.74) is 0.799. The van der Waals surface area contributed by atoms with Crippen LogP contribution in [0.25, 0.3) is 17.5 Å². The van der Waals surface area contributed by atoms with E-state index in [-0.39, 0.29) is 5.89 Å². The molecule has 2 rings (SSSR count). The fourth-order valence-corrected chi connectivity index (χ4v) is 1.51. The number of nitrogens with zero attached hydrogens (tertiary/aromatic N) is 2. The van der Waals surface area contributed by atoms with E-state index in [1.54, 1.807) is 0 Å². The van der Waals surface area contributed by atoms with Crippen LogP contribution in [0.4, 0.5) is 0 Å². The molecule has 17 heavy (non-hydrogen) atoms. The van der Waals surface area contributed by atoms with Crippen LogP contribution in [0.2, 0.25) is 0 Å². The number of hydrogen-bond acceptors (Lipinski definition) is 4. The Bertz CT molecular complexity index is 560. The summed E-state index contributed by atoms with van der Waals surface area (Å²) in [6.07, 6.45) is 2.21. The predicted molar refractivity (Wildman–Crippen MR) is 69.1 cm³/mol. The highest BCUT2D eigenvalue weighted by Crippen LogP contribution is 2.19. The highest BCUT2D eigenvalue weighted by Gasteiger charge is 2.06. The minimum atomic E-state index is -1.06. The summed E-state index contributed by atoms with van der Waals surface area (Å²) in [7, 11) is 0. The number of hydrogen-bond donors (Lipinski definition) is 1. The molecule has 0 unspecified atom stereocenters. The summed E-state index contributed by atoms with van der Waals surface area (Å²) >= 11 is 2.20. The van der Waals surface area contributed by atoms with Gasteiger partial charge in [-0.25, -0.2) is 4.79 Å². The van der Waals surface area contributed by atoms with Crippen molar-refractivity contribution in [3.8, 4) is 11.5 Å². The average molecular weight is 342 g/mol. The van der Waals surface area contributed by atoms with Crippen molar-refractivity contribution in [2.24, 2.45) is 0 Å². The van der Waals surface area contributed by atoms with E-state index in [1.807, 2.05) is 24.3 Å². The van der Waals surface area contributed by atoms with Gasteiger partial charge < -0.3 is 9.52 Å². The standard InChI is InChI=1S/C11H7IN2O3/c12-8-3-1-7(2-4-8)11-14-13-9(17-11)5-6-10(15)16/h1-6H,(H,15,16)/b6-5+. The summed E-state index contributed by atoms with van der Waals surface area (Å²) in [6, 6.07) is 7.57. The van der Waals surface area contributed by atoms with E-state index in [1.165, 1.54) is 6.08 Å². The summed E-state index contributed by atoms with van der Waals surface area (Å²) in [6.45, 7) is 0. The molecule has 0 saturated carbocycles. The maximum Gasteiger partial charge on any atom is 0.328 e. The first-order chi connectivity index (χ1) is 8.15. The van der Waals surface area contributed by atoms with Gasteiger partial charge in [-0.2, -0.15) is 0 Å². The lowest BCUT2D eigenvalue weighted by molar-refractivity contribution is -0.131. The van der Waals surface area contributed by atoms with Gasteiger partial charge in [-0.15, -0.1) is 10.2 Å². The van der Waals surface area contributed by atoms with E-state index < -0.39 is 5.97 Å². The molecule has 6 heteroatoms. The lowest BCUT2D eigenvalue weighted by Crippen LogP contribution is -1.85. The normalized spacial score (nSPS) is 10.9. The lowest BCUT2D eigenvalue weighted by atomic mass is 10.2. The molecule has 1 aromatic heterocycles. The third-order valence-corrected chi connectivity index (χ3v) is 2.62. The zero-order chi connectivity index (χ0) is 12.3. The zero-order valence-electron chi connectivity index (χ0n) is 8.50. The molecule has 1 heterocycles. The number of aromatic nitrogens is 2. The highest BCUT2D eigenvalue weighted by atomic mass is 127. The summed E-state index contributed by atoms with van der Waals surface area (Å²) in [5.74, 6) is -0.522. The average Bonchev–Trinajstić information content (AvgIpc) is 2.76. The van der Waals surface area contributed by atoms with Crippen molar-refractivity contribution in [3.05, 3.63) is 39.8 Å². The van der Waals surface area contributed by atoms with Crippen LogP contribution in [0.3, 0.4) is 0 Å². The molecule has 2 aromatic rings. The molecule has 0 fully saturated rings. The quantitative estimate of drug-likeness (QED) is 0.685. The molecule has 0 amide bonds. The van der Waals surface area contributed by atoms with Gasteiger partial charge in [0, 0.05) is 21.3 Å². The van der Waals surface area contributed by atoms with Crippen LogP contribution < -0.4 is 0 Å². The van der Waals surface area contributed by atoms with Crippen LogP contribution in [-0.4, -0.2) is 21.3 Å². The van der Waals surface area contributed by atoms with Gasteiger partial charge in [-0.05, 0) is 46.9 Å². The molecule has 0 spiro atoms. The first kappa shape index (κ1) is 11.8. The van der Waals surface area contributed by atoms with Crippen molar-refractivity contribution in [1.82, 2.24) is 10.2 Å². The van der Waals surface area contributed by atoms with Crippen molar-refractivity contribution >= 4 is 34.6 Å². The molecular weight excluding hydrogens is 335 g/mol. The van der Waals surface area contributed by atoms with Crippen molar-refractivity contribution in [1.29, 1.82) is 0 Å². The molecule has 5 nitrogen and oxygen atoms in total. The Morgan fingerprint density at radius 1 is 1.29 bits per heavy atom. The van der Waals surface area contributed by atoms with Crippen LogP contribution >= 0.6 is 22.6 Å². The second kappa shape index (κ2) is 5.09. The summed E-state index contributed by atoms with van der Waals surface area (Å²) < 4.78 is 6.39. The summed E-state index contributed by atoms with van der Waals surface area (Å²) in [4.78, 5) is 10.3. The number of aliphatic carboxylic acids is 1. The van der Waals surface area contributed by atoms with Crippen LogP contribution in [0.15, 0.2) is 34.8 Å². The largest absolute Gasteiger partial charge is 0.478 e. The second-order valence-electron chi connectivity index (χ2n) is 3.12. The Morgan fingerprint density at radius 2 is 2.00 bits per heavy atom. The van der Waals surface area contributed by atoms with Gasteiger partial charge in [0.15, 0.2) is 0 Å². The van der Waals surface area contributed by atoms with Crippen LogP contribution in [0.1, 0.15) is 5.89 Å². The molecule has 1 N–H and O–H groups in total. The number of carboxylic acid groups (broad SMARTS) is 1. The zero-order valence-corrected chi connectivity index (χ0v) is 10.7. The molecule has 1 aromatic carbocycles. The third-order valence-electron chi connectivity index (χ3n) is 1.90. The topological polar surface area (TPSA) is 76.2 Å². The maximum absolute atomic E-state index is 10.3. The molecule has 0 aliphatic heterocycles. The minimum absolute atomic E-state index is 0.168. The Hall–Kier alpha value is -1.70. The van der Waals surface area contributed by atoms with Gasteiger partial charge in [-0.3, -0.25) is 0 Å². The van der Waals surface area contributed by atoms with E-state index in [4.69, 9.17) is 9.52 Å². The van der Waals surface area contributed by atoms with Gasteiger partial charge in [0.25, 0.3) is 0 Å². The fraction of sp³-hybridized carbons (Fsp3) is 0. The Kier molecular flexibility index (Phi) is 3.52. The maximum atomic E-state index is 10.3. The van der Waals surface area contributed by atoms with E-state index in [0.29, 0.717) is 5.89 Å². The van der Waals surface area contributed by atoms with Gasteiger partial charge >= 0.3 is 5.97 Å². The number of benzene rings is 1. The first-order valence-corrected chi connectivity index (χ1v) is 5.73. The van der Waals surface area contributed by atoms with Crippen LogP contribution in [-0.2, 0) is 4.79 Å². The predicted octanol–water partition coefficient (Wildman–Crippen LogP) is 2.44. The second-order valence-corrected chi connectivity index (χ2v) is 4.37. The molecule has 0 bridgehead atoms. The Balaban J connectivity index is 2.23. The molecule has 0 aliphatic carbocycles. The smallest absolute Gasteiger partial charge is 0.328 e. The molecule has 0 saturated heterocycles. The van der Waals surface area contributed by atoms with E-state index >= 15 is 0 Å². The SMILES string of the molecule is O=C(O)/C=C/c1nnc(-c2ccc(I)cc2)o1. The molecule has 0 radical (unpaired) electrons. The monoisotopic (exact) mass is 342 g/mol. The Labute approximate surface area is 110 Å². The first-order valence-electron chi connectivity index (χ1n) is 4.65.